The second-order valence-corrected chi connectivity index (χ2v) is 4.89. The Balaban J connectivity index is 2.17. The van der Waals surface area contributed by atoms with Gasteiger partial charge in [-0.25, -0.2) is 0 Å². The highest BCUT2D eigenvalue weighted by atomic mass is 16.5. The molecule has 0 saturated heterocycles. The van der Waals surface area contributed by atoms with Gasteiger partial charge in [-0.3, -0.25) is 4.79 Å². The Morgan fingerprint density at radius 1 is 1.17 bits per heavy atom. The summed E-state index contributed by atoms with van der Waals surface area (Å²) in [5.74, 6) is 0.592. The van der Waals surface area contributed by atoms with Crippen molar-refractivity contribution < 1.29 is 14.3 Å². The van der Waals surface area contributed by atoms with E-state index in [1.807, 2.05) is 0 Å². The molecule has 4 nitrogen and oxygen atoms in total. The Labute approximate surface area is 135 Å². The number of carbonyl (C=O) groups is 1. The minimum absolute atomic E-state index is 0.102. The molecule has 0 spiro atoms. The Bertz CT molecular complexity index is 755. The largest absolute Gasteiger partial charge is 0.496 e. The number of rotatable bonds is 6. The van der Waals surface area contributed by atoms with Gasteiger partial charge in [0.05, 0.1) is 25.3 Å². The lowest BCUT2D eigenvalue weighted by Gasteiger charge is -2.08. The summed E-state index contributed by atoms with van der Waals surface area (Å²) in [5, 5.41) is 8.77. The van der Waals surface area contributed by atoms with Crippen LogP contribution in [0.15, 0.2) is 48.5 Å². The van der Waals surface area contributed by atoms with E-state index in [-0.39, 0.29) is 5.78 Å². The number of benzene rings is 2. The fraction of sp³-hybridized carbons (Fsp3) is 0.158. The molecule has 0 bridgehead atoms. The summed E-state index contributed by atoms with van der Waals surface area (Å²) in [6.07, 6.45) is 3.24. The highest BCUT2D eigenvalue weighted by Crippen LogP contribution is 2.21. The average molecular weight is 307 g/mol. The molecule has 0 unspecified atom stereocenters. The molecule has 0 saturated carbocycles. The summed E-state index contributed by atoms with van der Waals surface area (Å²) in [6, 6.07) is 14.3. The quantitative estimate of drug-likeness (QED) is 0.604. The maximum atomic E-state index is 12.3. The van der Waals surface area contributed by atoms with E-state index in [0.29, 0.717) is 23.5 Å². The van der Waals surface area contributed by atoms with E-state index in [1.165, 1.54) is 6.08 Å². The third kappa shape index (κ3) is 4.29. The molecule has 0 heterocycles. The second kappa shape index (κ2) is 7.92. The number of ether oxygens (including phenoxy) is 2. The summed E-state index contributed by atoms with van der Waals surface area (Å²) in [7, 11) is 3.18. The molecule has 2 rings (SSSR count). The number of hydrogen-bond donors (Lipinski definition) is 0. The van der Waals surface area contributed by atoms with Crippen LogP contribution in [0.4, 0.5) is 0 Å². The van der Waals surface area contributed by atoms with Gasteiger partial charge in [0, 0.05) is 18.2 Å². The fourth-order valence-corrected chi connectivity index (χ4v) is 2.14. The number of nitrogens with zero attached hydrogens (tertiary/aromatic N) is 1. The SMILES string of the molecule is COCc1cc(C(=O)/C=C/c2ccc(C#N)cc2)ccc1OC. The third-order valence-corrected chi connectivity index (χ3v) is 3.33. The van der Waals surface area contributed by atoms with Crippen LogP contribution in [0.25, 0.3) is 6.08 Å². The Morgan fingerprint density at radius 3 is 2.52 bits per heavy atom. The molecule has 0 fully saturated rings. The van der Waals surface area contributed by atoms with Crippen LogP contribution in [0.2, 0.25) is 0 Å². The van der Waals surface area contributed by atoms with Gasteiger partial charge in [-0.15, -0.1) is 0 Å². The van der Waals surface area contributed by atoms with Crippen LogP contribution in [0.1, 0.15) is 27.0 Å². The summed E-state index contributed by atoms with van der Waals surface area (Å²) in [6.45, 7) is 0.379. The first kappa shape index (κ1) is 16.5. The van der Waals surface area contributed by atoms with Crippen LogP contribution in [0.5, 0.6) is 5.75 Å². The standard InChI is InChI=1S/C19H17NO3/c1-22-13-17-11-16(8-10-19(17)23-2)18(21)9-7-14-3-5-15(12-20)6-4-14/h3-11H,13H2,1-2H3/b9-7+. The molecule has 0 aliphatic heterocycles. The molecule has 0 aliphatic rings. The monoisotopic (exact) mass is 307 g/mol. The molecule has 4 heteroatoms. The third-order valence-electron chi connectivity index (χ3n) is 3.33. The van der Waals surface area contributed by atoms with Crippen molar-refractivity contribution in [1.82, 2.24) is 0 Å². The van der Waals surface area contributed by atoms with Crippen LogP contribution in [-0.2, 0) is 11.3 Å². The predicted octanol–water partition coefficient (Wildman–Crippen LogP) is 3.61. The number of allylic oxidation sites excluding steroid dienone is 1. The summed E-state index contributed by atoms with van der Waals surface area (Å²) in [5.41, 5.74) is 2.85. The molecule has 0 aromatic heterocycles. The Morgan fingerprint density at radius 2 is 1.91 bits per heavy atom. The van der Waals surface area contributed by atoms with E-state index < -0.39 is 0 Å². The molecule has 0 aliphatic carbocycles. The van der Waals surface area contributed by atoms with Gasteiger partial charge in [-0.2, -0.15) is 5.26 Å². The van der Waals surface area contributed by atoms with Gasteiger partial charge in [-0.05, 0) is 42.0 Å². The maximum absolute atomic E-state index is 12.3. The molecule has 0 radical (unpaired) electrons. The summed E-state index contributed by atoms with van der Waals surface area (Å²) < 4.78 is 10.4. The molecule has 23 heavy (non-hydrogen) atoms. The predicted molar refractivity (Wildman–Crippen MR) is 88.2 cm³/mol. The zero-order chi connectivity index (χ0) is 16.7. The van der Waals surface area contributed by atoms with E-state index in [1.54, 1.807) is 62.8 Å². The molecule has 0 N–H and O–H groups in total. The van der Waals surface area contributed by atoms with Crippen molar-refractivity contribution in [3.8, 4) is 11.8 Å². The summed E-state index contributed by atoms with van der Waals surface area (Å²) >= 11 is 0. The van der Waals surface area contributed by atoms with E-state index in [4.69, 9.17) is 14.7 Å². The van der Waals surface area contributed by atoms with Gasteiger partial charge >= 0.3 is 0 Å². The van der Waals surface area contributed by atoms with Crippen LogP contribution < -0.4 is 4.74 Å². The lowest BCUT2D eigenvalue weighted by Crippen LogP contribution is -1.99. The molecule has 116 valence electrons. The van der Waals surface area contributed by atoms with Crippen LogP contribution >= 0.6 is 0 Å². The second-order valence-electron chi connectivity index (χ2n) is 4.89. The number of ketones is 1. The number of nitriles is 1. The fourth-order valence-electron chi connectivity index (χ4n) is 2.14. The molecular weight excluding hydrogens is 290 g/mol. The molecule has 2 aromatic carbocycles. The van der Waals surface area contributed by atoms with Crippen molar-refractivity contribution in [2.75, 3.05) is 14.2 Å². The zero-order valence-electron chi connectivity index (χ0n) is 13.1. The first-order valence-corrected chi connectivity index (χ1v) is 7.06. The van der Waals surface area contributed by atoms with E-state index in [0.717, 1.165) is 11.1 Å². The number of carbonyl (C=O) groups excluding carboxylic acids is 1. The van der Waals surface area contributed by atoms with Gasteiger partial charge < -0.3 is 9.47 Å². The van der Waals surface area contributed by atoms with Crippen molar-refractivity contribution >= 4 is 11.9 Å². The molecule has 0 amide bonds. The topological polar surface area (TPSA) is 59.3 Å². The van der Waals surface area contributed by atoms with Crippen molar-refractivity contribution in [2.45, 2.75) is 6.61 Å². The van der Waals surface area contributed by atoms with Gasteiger partial charge in [-0.1, -0.05) is 18.2 Å². The average Bonchev–Trinajstić information content (AvgIpc) is 2.60. The van der Waals surface area contributed by atoms with Gasteiger partial charge in [0.1, 0.15) is 5.75 Å². The van der Waals surface area contributed by atoms with Crippen LogP contribution in [0, 0.1) is 11.3 Å². The Hall–Kier alpha value is -2.90. The Kier molecular flexibility index (Phi) is 5.67. The van der Waals surface area contributed by atoms with E-state index >= 15 is 0 Å². The first-order valence-electron chi connectivity index (χ1n) is 7.06. The molecule has 0 atom stereocenters. The normalized spacial score (nSPS) is 10.5. The smallest absolute Gasteiger partial charge is 0.185 e. The zero-order valence-corrected chi connectivity index (χ0v) is 13.1. The van der Waals surface area contributed by atoms with E-state index in [2.05, 4.69) is 6.07 Å². The minimum Gasteiger partial charge on any atom is -0.496 e. The maximum Gasteiger partial charge on any atom is 0.185 e. The first-order chi connectivity index (χ1) is 11.2. The van der Waals surface area contributed by atoms with Crippen molar-refractivity contribution in [1.29, 1.82) is 5.26 Å². The lowest BCUT2D eigenvalue weighted by molar-refractivity contribution is 0.104. The molecule has 2 aromatic rings. The van der Waals surface area contributed by atoms with Crippen LogP contribution in [0.3, 0.4) is 0 Å². The van der Waals surface area contributed by atoms with Gasteiger partial charge in [0.2, 0.25) is 0 Å². The van der Waals surface area contributed by atoms with Crippen molar-refractivity contribution in [2.24, 2.45) is 0 Å². The number of methoxy groups -OCH3 is 2. The van der Waals surface area contributed by atoms with Gasteiger partial charge in [0.25, 0.3) is 0 Å². The van der Waals surface area contributed by atoms with Crippen molar-refractivity contribution in [3.05, 3.63) is 70.8 Å². The summed E-state index contributed by atoms with van der Waals surface area (Å²) in [4.78, 5) is 12.3. The van der Waals surface area contributed by atoms with Crippen molar-refractivity contribution in [3.63, 3.8) is 0 Å². The highest BCUT2D eigenvalue weighted by Gasteiger charge is 2.08. The number of hydrogen-bond acceptors (Lipinski definition) is 4. The van der Waals surface area contributed by atoms with E-state index in [9.17, 15) is 4.79 Å². The van der Waals surface area contributed by atoms with Crippen LogP contribution in [-0.4, -0.2) is 20.0 Å². The lowest BCUT2D eigenvalue weighted by atomic mass is 10.0. The highest BCUT2D eigenvalue weighted by molar-refractivity contribution is 6.07. The molecular formula is C19H17NO3. The minimum atomic E-state index is -0.102. The van der Waals surface area contributed by atoms with Gasteiger partial charge in [0.15, 0.2) is 5.78 Å².